The third kappa shape index (κ3) is 2.95. The maximum absolute atomic E-state index is 10.4. The quantitative estimate of drug-likeness (QED) is 0.754. The molecule has 0 saturated heterocycles. The van der Waals surface area contributed by atoms with Crippen molar-refractivity contribution < 1.29 is 5.11 Å². The van der Waals surface area contributed by atoms with Crippen molar-refractivity contribution >= 4 is 11.6 Å². The fourth-order valence-electron chi connectivity index (χ4n) is 1.56. The maximum atomic E-state index is 10.4. The van der Waals surface area contributed by atoms with Gasteiger partial charge >= 0.3 is 0 Å². The molecule has 0 aliphatic rings. The minimum absolute atomic E-state index is 0.501. The highest BCUT2D eigenvalue weighted by atomic mass is 35.5. The highest BCUT2D eigenvalue weighted by Gasteiger charge is 2.25. The summed E-state index contributed by atoms with van der Waals surface area (Å²) >= 11 is 5.79. The molecule has 0 amide bonds. The van der Waals surface area contributed by atoms with Gasteiger partial charge in [-0.1, -0.05) is 35.9 Å². The zero-order chi connectivity index (χ0) is 11.3. The summed E-state index contributed by atoms with van der Waals surface area (Å²) in [5.74, 6) is 0. The lowest BCUT2D eigenvalue weighted by Crippen LogP contribution is -2.23. The first-order valence-electron chi connectivity index (χ1n) is 4.82. The fourth-order valence-corrected chi connectivity index (χ4v) is 1.68. The van der Waals surface area contributed by atoms with E-state index < -0.39 is 5.60 Å². The van der Waals surface area contributed by atoms with Crippen LogP contribution in [-0.2, 0) is 5.60 Å². The minimum atomic E-state index is -0.909. The van der Waals surface area contributed by atoms with Crippen molar-refractivity contribution in [2.24, 2.45) is 0 Å². The van der Waals surface area contributed by atoms with Crippen molar-refractivity contribution in [2.75, 3.05) is 0 Å². The van der Waals surface area contributed by atoms with Crippen molar-refractivity contribution in [3.05, 3.63) is 60.2 Å². The Morgan fingerprint density at radius 3 is 2.00 bits per heavy atom. The molecule has 0 radical (unpaired) electrons. The molecule has 15 heavy (non-hydrogen) atoms. The van der Waals surface area contributed by atoms with E-state index in [1.54, 1.807) is 24.3 Å². The number of hydrogen-bond acceptors (Lipinski definition) is 1. The molecule has 1 aromatic carbocycles. The van der Waals surface area contributed by atoms with E-state index in [0.717, 1.165) is 5.56 Å². The number of benzene rings is 1. The van der Waals surface area contributed by atoms with Gasteiger partial charge in [-0.3, -0.25) is 0 Å². The van der Waals surface area contributed by atoms with Crippen LogP contribution >= 0.6 is 11.6 Å². The fraction of sp³-hybridized carbons (Fsp3) is 0.231. The van der Waals surface area contributed by atoms with Crippen molar-refractivity contribution in [1.82, 2.24) is 0 Å². The second kappa shape index (κ2) is 5.15. The smallest absolute Gasteiger partial charge is 0.0964 e. The van der Waals surface area contributed by atoms with Gasteiger partial charge in [0.25, 0.3) is 0 Å². The lowest BCUT2D eigenvalue weighted by Gasteiger charge is -2.26. The zero-order valence-electron chi connectivity index (χ0n) is 8.62. The molecule has 0 heterocycles. The Hall–Kier alpha value is -1.05. The average Bonchev–Trinajstić information content (AvgIpc) is 2.19. The van der Waals surface area contributed by atoms with E-state index in [1.807, 2.05) is 12.1 Å². The van der Waals surface area contributed by atoms with Crippen LogP contribution in [0.2, 0.25) is 5.02 Å². The molecule has 0 bridgehead atoms. The SMILES string of the molecule is C=CCC(O)(CC=C)c1ccc(Cl)cc1. The summed E-state index contributed by atoms with van der Waals surface area (Å²) in [5.41, 5.74) is -0.0691. The normalized spacial score (nSPS) is 11.1. The first-order chi connectivity index (χ1) is 7.12. The lowest BCUT2D eigenvalue weighted by atomic mass is 9.87. The van der Waals surface area contributed by atoms with Crippen molar-refractivity contribution in [2.45, 2.75) is 18.4 Å². The van der Waals surface area contributed by atoms with Gasteiger partial charge in [-0.2, -0.15) is 0 Å². The highest BCUT2D eigenvalue weighted by Crippen LogP contribution is 2.30. The van der Waals surface area contributed by atoms with Crippen molar-refractivity contribution in [1.29, 1.82) is 0 Å². The molecule has 1 aromatic rings. The predicted molar refractivity (Wildman–Crippen MR) is 65.0 cm³/mol. The summed E-state index contributed by atoms with van der Waals surface area (Å²) in [4.78, 5) is 0. The summed E-state index contributed by atoms with van der Waals surface area (Å²) in [6.45, 7) is 7.30. The third-order valence-electron chi connectivity index (χ3n) is 2.35. The third-order valence-corrected chi connectivity index (χ3v) is 2.60. The second-order valence-corrected chi connectivity index (χ2v) is 3.96. The Morgan fingerprint density at radius 2 is 1.60 bits per heavy atom. The molecule has 0 aromatic heterocycles. The van der Waals surface area contributed by atoms with Gasteiger partial charge in [0.05, 0.1) is 5.60 Å². The van der Waals surface area contributed by atoms with Crippen LogP contribution in [0, 0.1) is 0 Å². The van der Waals surface area contributed by atoms with E-state index in [1.165, 1.54) is 0 Å². The molecule has 1 N–H and O–H groups in total. The first kappa shape index (κ1) is 12.0. The molecule has 1 rings (SSSR count). The van der Waals surface area contributed by atoms with E-state index in [4.69, 9.17) is 11.6 Å². The Morgan fingerprint density at radius 1 is 1.13 bits per heavy atom. The van der Waals surface area contributed by atoms with Gasteiger partial charge in [0, 0.05) is 5.02 Å². The van der Waals surface area contributed by atoms with Gasteiger partial charge in [0.15, 0.2) is 0 Å². The molecule has 0 aliphatic carbocycles. The van der Waals surface area contributed by atoms with E-state index >= 15 is 0 Å². The van der Waals surface area contributed by atoms with Crippen molar-refractivity contribution in [3.63, 3.8) is 0 Å². The van der Waals surface area contributed by atoms with Gasteiger partial charge in [-0.15, -0.1) is 13.2 Å². The monoisotopic (exact) mass is 222 g/mol. The second-order valence-electron chi connectivity index (χ2n) is 3.52. The number of hydrogen-bond donors (Lipinski definition) is 1. The summed E-state index contributed by atoms with van der Waals surface area (Å²) < 4.78 is 0. The Bertz CT molecular complexity index is 330. The Kier molecular flexibility index (Phi) is 4.13. The topological polar surface area (TPSA) is 20.2 Å². The van der Waals surface area contributed by atoms with E-state index in [9.17, 15) is 5.11 Å². The van der Waals surface area contributed by atoms with Gasteiger partial charge < -0.3 is 5.11 Å². The van der Waals surface area contributed by atoms with Crippen LogP contribution in [0.1, 0.15) is 18.4 Å². The maximum Gasteiger partial charge on any atom is 0.0964 e. The molecule has 2 heteroatoms. The molecule has 0 unspecified atom stereocenters. The molecule has 80 valence electrons. The van der Waals surface area contributed by atoms with Crippen LogP contribution in [0.3, 0.4) is 0 Å². The number of aliphatic hydroxyl groups is 1. The van der Waals surface area contributed by atoms with Gasteiger partial charge in [0.1, 0.15) is 0 Å². The van der Waals surface area contributed by atoms with E-state index in [-0.39, 0.29) is 0 Å². The summed E-state index contributed by atoms with van der Waals surface area (Å²) in [7, 11) is 0. The molecule has 0 aliphatic heterocycles. The predicted octanol–water partition coefficient (Wildman–Crippen LogP) is 3.68. The lowest BCUT2D eigenvalue weighted by molar-refractivity contribution is 0.0430. The van der Waals surface area contributed by atoms with E-state index in [0.29, 0.717) is 17.9 Å². The van der Waals surface area contributed by atoms with Crippen LogP contribution in [0.5, 0.6) is 0 Å². The Labute approximate surface area is 95.7 Å². The summed E-state index contributed by atoms with van der Waals surface area (Å²) in [6, 6.07) is 7.20. The van der Waals surface area contributed by atoms with Crippen molar-refractivity contribution in [3.8, 4) is 0 Å². The minimum Gasteiger partial charge on any atom is -0.385 e. The van der Waals surface area contributed by atoms with Crippen LogP contribution in [0.15, 0.2) is 49.6 Å². The van der Waals surface area contributed by atoms with Gasteiger partial charge in [0.2, 0.25) is 0 Å². The molecule has 0 fully saturated rings. The van der Waals surface area contributed by atoms with Crippen LogP contribution in [0.25, 0.3) is 0 Å². The molecule has 0 saturated carbocycles. The standard InChI is InChI=1S/C13H15ClO/c1-3-9-13(15,10-4-2)11-5-7-12(14)8-6-11/h3-8,15H,1-2,9-10H2. The van der Waals surface area contributed by atoms with Crippen LogP contribution < -0.4 is 0 Å². The molecule has 0 atom stereocenters. The molecule has 1 nitrogen and oxygen atoms in total. The van der Waals surface area contributed by atoms with Gasteiger partial charge in [-0.05, 0) is 30.5 Å². The zero-order valence-corrected chi connectivity index (χ0v) is 9.37. The number of halogens is 1. The average molecular weight is 223 g/mol. The van der Waals surface area contributed by atoms with E-state index in [2.05, 4.69) is 13.2 Å². The summed E-state index contributed by atoms with van der Waals surface area (Å²) in [6.07, 6.45) is 4.41. The molecule has 0 spiro atoms. The van der Waals surface area contributed by atoms with Gasteiger partial charge in [-0.25, -0.2) is 0 Å². The van der Waals surface area contributed by atoms with Crippen LogP contribution in [-0.4, -0.2) is 5.11 Å². The summed E-state index contributed by atoms with van der Waals surface area (Å²) in [5, 5.41) is 11.1. The number of rotatable bonds is 5. The first-order valence-corrected chi connectivity index (χ1v) is 5.20. The van der Waals surface area contributed by atoms with Crippen LogP contribution in [0.4, 0.5) is 0 Å². The molecular formula is C13H15ClO. The largest absolute Gasteiger partial charge is 0.385 e. The Balaban J connectivity index is 3.02. The highest BCUT2D eigenvalue weighted by molar-refractivity contribution is 6.30. The molecular weight excluding hydrogens is 208 g/mol.